The summed E-state index contributed by atoms with van der Waals surface area (Å²) in [6, 6.07) is 2.27. The summed E-state index contributed by atoms with van der Waals surface area (Å²) in [6.07, 6.45) is 0. The largest absolute Gasteiger partial charge is 0.493 e. The fraction of sp³-hybridized carbons (Fsp3) is 0.333. The molecule has 0 saturated carbocycles. The van der Waals surface area contributed by atoms with Gasteiger partial charge in [0.15, 0.2) is 11.5 Å². The lowest BCUT2D eigenvalue weighted by atomic mass is 10.2. The first-order valence-electron chi connectivity index (χ1n) is 5.83. The van der Waals surface area contributed by atoms with E-state index in [0.717, 1.165) is 6.07 Å². The molecule has 114 valence electrons. The van der Waals surface area contributed by atoms with Gasteiger partial charge in [-0.3, -0.25) is 14.9 Å². The van der Waals surface area contributed by atoms with Crippen molar-refractivity contribution in [2.75, 3.05) is 26.1 Å². The molecule has 1 aromatic rings. The van der Waals surface area contributed by atoms with E-state index in [9.17, 15) is 19.7 Å². The van der Waals surface area contributed by atoms with Crippen LogP contribution >= 0.6 is 0 Å². The maximum absolute atomic E-state index is 11.6. The highest BCUT2D eigenvalue weighted by molar-refractivity contribution is 6.37. The van der Waals surface area contributed by atoms with Gasteiger partial charge in [-0.2, -0.15) is 0 Å². The summed E-state index contributed by atoms with van der Waals surface area (Å²) in [5.41, 5.74) is -0.638. The molecule has 1 amide bonds. The van der Waals surface area contributed by atoms with E-state index >= 15 is 0 Å². The van der Waals surface area contributed by atoms with Crippen LogP contribution in [0.25, 0.3) is 0 Å². The number of carbonyl (C=O) groups is 2. The van der Waals surface area contributed by atoms with Crippen molar-refractivity contribution < 1.29 is 28.7 Å². The van der Waals surface area contributed by atoms with Crippen molar-refractivity contribution in [3.8, 4) is 11.5 Å². The van der Waals surface area contributed by atoms with E-state index in [1.54, 1.807) is 0 Å². The van der Waals surface area contributed by atoms with Crippen molar-refractivity contribution in [1.29, 1.82) is 0 Å². The molecule has 0 bridgehead atoms. The van der Waals surface area contributed by atoms with Gasteiger partial charge >= 0.3 is 11.9 Å². The SMILES string of the molecule is CCOC(=O)C(=O)Nc1cc(OC)c(OC)cc1[N+](=O)[O-]. The molecule has 9 heteroatoms. The van der Waals surface area contributed by atoms with Crippen LogP contribution in [0.3, 0.4) is 0 Å². The molecule has 21 heavy (non-hydrogen) atoms. The molecule has 0 spiro atoms. The molecular formula is C12H14N2O7. The van der Waals surface area contributed by atoms with Crippen molar-refractivity contribution >= 4 is 23.3 Å². The molecule has 0 saturated heterocycles. The molecule has 9 nitrogen and oxygen atoms in total. The molecule has 0 aromatic heterocycles. The van der Waals surface area contributed by atoms with Gasteiger partial charge in [-0.15, -0.1) is 0 Å². The minimum absolute atomic E-state index is 0.0142. The molecule has 0 aliphatic rings. The van der Waals surface area contributed by atoms with Gasteiger partial charge < -0.3 is 19.5 Å². The smallest absolute Gasteiger partial charge is 0.397 e. The molecule has 0 atom stereocenters. The summed E-state index contributed by atoms with van der Waals surface area (Å²) >= 11 is 0. The molecular weight excluding hydrogens is 284 g/mol. The molecule has 0 aliphatic carbocycles. The Hall–Kier alpha value is -2.84. The molecule has 0 unspecified atom stereocenters. The Morgan fingerprint density at radius 3 is 2.29 bits per heavy atom. The van der Waals surface area contributed by atoms with E-state index in [1.807, 2.05) is 0 Å². The summed E-state index contributed by atoms with van der Waals surface area (Å²) in [6.45, 7) is 1.55. The quantitative estimate of drug-likeness (QED) is 0.374. The number of amides is 1. The normalized spacial score (nSPS) is 9.67. The van der Waals surface area contributed by atoms with Crippen molar-refractivity contribution in [2.24, 2.45) is 0 Å². The second-order valence-corrected chi connectivity index (χ2v) is 3.66. The number of methoxy groups -OCH3 is 2. The number of rotatable bonds is 5. The van der Waals surface area contributed by atoms with Gasteiger partial charge in [-0.25, -0.2) is 4.79 Å². The Kier molecular flexibility index (Phi) is 5.47. The number of hydrogen-bond acceptors (Lipinski definition) is 7. The van der Waals surface area contributed by atoms with Crippen molar-refractivity contribution in [1.82, 2.24) is 0 Å². The summed E-state index contributed by atoms with van der Waals surface area (Å²) in [4.78, 5) is 33.1. The van der Waals surface area contributed by atoms with Crippen LogP contribution in [0.15, 0.2) is 12.1 Å². The minimum atomic E-state index is -1.14. The van der Waals surface area contributed by atoms with Gasteiger partial charge in [-0.1, -0.05) is 0 Å². The highest BCUT2D eigenvalue weighted by Gasteiger charge is 2.24. The maximum atomic E-state index is 11.6. The number of nitrogens with one attached hydrogen (secondary N) is 1. The number of nitro benzene ring substituents is 1. The molecule has 1 aromatic carbocycles. The first-order valence-corrected chi connectivity index (χ1v) is 5.83. The zero-order valence-electron chi connectivity index (χ0n) is 11.7. The maximum Gasteiger partial charge on any atom is 0.397 e. The third-order valence-corrected chi connectivity index (χ3v) is 2.41. The standard InChI is InChI=1S/C12H14N2O7/c1-4-21-12(16)11(15)13-7-5-9(19-2)10(20-3)6-8(7)14(17)18/h5-6H,4H2,1-3H3,(H,13,15). The van der Waals surface area contributed by atoms with E-state index < -0.39 is 22.5 Å². The molecule has 1 rings (SSSR count). The zero-order valence-corrected chi connectivity index (χ0v) is 11.7. The lowest BCUT2D eigenvalue weighted by Crippen LogP contribution is -2.25. The lowest BCUT2D eigenvalue weighted by molar-refractivity contribution is -0.384. The number of esters is 1. The second-order valence-electron chi connectivity index (χ2n) is 3.66. The Morgan fingerprint density at radius 2 is 1.81 bits per heavy atom. The topological polar surface area (TPSA) is 117 Å². The van der Waals surface area contributed by atoms with Crippen molar-refractivity contribution in [3.63, 3.8) is 0 Å². The molecule has 0 heterocycles. The number of benzene rings is 1. The zero-order chi connectivity index (χ0) is 16.0. The van der Waals surface area contributed by atoms with Crippen LogP contribution < -0.4 is 14.8 Å². The Morgan fingerprint density at radius 1 is 1.24 bits per heavy atom. The average Bonchev–Trinajstić information content (AvgIpc) is 2.46. The highest BCUT2D eigenvalue weighted by atomic mass is 16.6. The number of nitro groups is 1. The molecule has 0 fully saturated rings. The highest BCUT2D eigenvalue weighted by Crippen LogP contribution is 2.37. The molecule has 1 N–H and O–H groups in total. The van der Waals surface area contributed by atoms with Crippen molar-refractivity contribution in [3.05, 3.63) is 22.2 Å². The van der Waals surface area contributed by atoms with Gasteiger partial charge in [0.25, 0.3) is 5.69 Å². The first-order chi connectivity index (χ1) is 9.94. The number of ether oxygens (including phenoxy) is 3. The van der Waals surface area contributed by atoms with Crippen LogP contribution in [0, 0.1) is 10.1 Å². The predicted octanol–water partition coefficient (Wildman–Crippen LogP) is 1.11. The van der Waals surface area contributed by atoms with Crippen LogP contribution in [-0.2, 0) is 14.3 Å². The van der Waals surface area contributed by atoms with E-state index in [2.05, 4.69) is 10.1 Å². The van der Waals surface area contributed by atoms with Crippen LogP contribution in [0.4, 0.5) is 11.4 Å². The number of nitrogens with zero attached hydrogens (tertiary/aromatic N) is 1. The summed E-state index contributed by atoms with van der Waals surface area (Å²) in [7, 11) is 2.65. The first kappa shape index (κ1) is 16.2. The van der Waals surface area contributed by atoms with Gasteiger partial charge in [0.1, 0.15) is 5.69 Å². The fourth-order valence-corrected chi connectivity index (χ4v) is 1.49. The summed E-state index contributed by atoms with van der Waals surface area (Å²) in [5.74, 6) is -1.96. The van der Waals surface area contributed by atoms with Gasteiger partial charge in [-0.05, 0) is 6.92 Å². The fourth-order valence-electron chi connectivity index (χ4n) is 1.49. The van der Waals surface area contributed by atoms with Crippen LogP contribution in [-0.4, -0.2) is 37.6 Å². The average molecular weight is 298 g/mol. The summed E-state index contributed by atoms with van der Waals surface area (Å²) in [5, 5.41) is 13.1. The Labute approximate surface area is 119 Å². The predicted molar refractivity (Wildman–Crippen MR) is 71.5 cm³/mol. The third-order valence-electron chi connectivity index (χ3n) is 2.41. The lowest BCUT2D eigenvalue weighted by Gasteiger charge is -2.11. The van der Waals surface area contributed by atoms with E-state index in [-0.39, 0.29) is 23.8 Å². The Bertz CT molecular complexity index is 571. The second kappa shape index (κ2) is 7.08. The van der Waals surface area contributed by atoms with E-state index in [4.69, 9.17) is 9.47 Å². The van der Waals surface area contributed by atoms with Crippen LogP contribution in [0.1, 0.15) is 6.92 Å². The van der Waals surface area contributed by atoms with Crippen LogP contribution in [0.2, 0.25) is 0 Å². The van der Waals surface area contributed by atoms with Crippen LogP contribution in [0.5, 0.6) is 11.5 Å². The Balaban J connectivity index is 3.18. The third kappa shape index (κ3) is 3.81. The minimum Gasteiger partial charge on any atom is -0.493 e. The number of anilines is 1. The van der Waals surface area contributed by atoms with Gasteiger partial charge in [0, 0.05) is 6.07 Å². The molecule has 0 radical (unpaired) electrons. The van der Waals surface area contributed by atoms with Crippen molar-refractivity contribution in [2.45, 2.75) is 6.92 Å². The number of carbonyl (C=O) groups excluding carboxylic acids is 2. The van der Waals surface area contributed by atoms with E-state index in [0.29, 0.717) is 0 Å². The van der Waals surface area contributed by atoms with E-state index in [1.165, 1.54) is 27.2 Å². The van der Waals surface area contributed by atoms with Gasteiger partial charge in [0.2, 0.25) is 0 Å². The monoisotopic (exact) mass is 298 g/mol. The summed E-state index contributed by atoms with van der Waals surface area (Å²) < 4.78 is 14.4. The van der Waals surface area contributed by atoms with Gasteiger partial charge in [0.05, 0.1) is 31.8 Å². The molecule has 0 aliphatic heterocycles. The number of hydrogen-bond donors (Lipinski definition) is 1.